The Balaban J connectivity index is 1.88. The Labute approximate surface area is 144 Å². The molecule has 1 saturated heterocycles. The van der Waals surface area contributed by atoms with Gasteiger partial charge in [0.1, 0.15) is 12.2 Å². The Kier molecular flexibility index (Phi) is 7.37. The largest absolute Gasteiger partial charge is 0.490 e. The van der Waals surface area contributed by atoms with E-state index in [1.54, 1.807) is 0 Å². The molecule has 0 spiro atoms. The summed E-state index contributed by atoms with van der Waals surface area (Å²) in [6.45, 7) is 8.48. The fourth-order valence-electron chi connectivity index (χ4n) is 2.96. The van der Waals surface area contributed by atoms with E-state index in [9.17, 15) is 4.79 Å². The molecule has 0 radical (unpaired) electrons. The van der Waals surface area contributed by atoms with Crippen LogP contribution in [0.25, 0.3) is 0 Å². The van der Waals surface area contributed by atoms with Gasteiger partial charge in [0.25, 0.3) is 5.91 Å². The molecule has 0 saturated carbocycles. The van der Waals surface area contributed by atoms with Gasteiger partial charge < -0.3 is 19.1 Å². The van der Waals surface area contributed by atoms with Gasteiger partial charge in [-0.3, -0.25) is 4.79 Å². The second kappa shape index (κ2) is 9.52. The first-order valence-corrected chi connectivity index (χ1v) is 8.98. The van der Waals surface area contributed by atoms with Gasteiger partial charge in [-0.1, -0.05) is 19.1 Å². The lowest BCUT2D eigenvalue weighted by Crippen LogP contribution is -2.46. The molecule has 1 unspecified atom stereocenters. The van der Waals surface area contributed by atoms with E-state index in [1.165, 1.54) is 0 Å². The summed E-state index contributed by atoms with van der Waals surface area (Å²) in [6, 6.07) is 7.75. The van der Waals surface area contributed by atoms with Gasteiger partial charge in [0.05, 0.1) is 6.61 Å². The Morgan fingerprint density at radius 2 is 1.79 bits per heavy atom. The number of nitrogens with zero attached hydrogens (tertiary/aromatic N) is 1. The molecular formula is C19H29NO4. The summed E-state index contributed by atoms with van der Waals surface area (Å²) in [5, 5.41) is 0. The fraction of sp³-hybridized carbons (Fsp3) is 0.632. The lowest BCUT2D eigenvalue weighted by atomic mass is 10.1. The highest BCUT2D eigenvalue weighted by atomic mass is 16.5. The number of likely N-dealkylation sites (tertiary alicyclic amines) is 1. The van der Waals surface area contributed by atoms with Crippen molar-refractivity contribution in [3.05, 3.63) is 24.3 Å². The second-order valence-electron chi connectivity index (χ2n) is 5.87. The molecule has 1 amide bonds. The number of ether oxygens (including phenoxy) is 3. The second-order valence-corrected chi connectivity index (χ2v) is 5.87. The van der Waals surface area contributed by atoms with Crippen LogP contribution in [-0.4, -0.2) is 49.3 Å². The highest BCUT2D eigenvalue weighted by Crippen LogP contribution is 2.29. The highest BCUT2D eigenvalue weighted by Gasteiger charge is 2.28. The Bertz CT molecular complexity index is 512. The number of piperidine rings is 1. The SMILES string of the molecule is CCOc1ccccc1OC1CCN(C(=O)C(CC)OCC)CC1. The Morgan fingerprint density at radius 3 is 2.38 bits per heavy atom. The van der Waals surface area contributed by atoms with E-state index in [1.807, 2.05) is 49.9 Å². The maximum absolute atomic E-state index is 12.5. The van der Waals surface area contributed by atoms with E-state index in [2.05, 4.69) is 0 Å². The molecule has 1 aromatic rings. The maximum Gasteiger partial charge on any atom is 0.251 e. The van der Waals surface area contributed by atoms with Crippen molar-refractivity contribution in [3.63, 3.8) is 0 Å². The molecule has 5 heteroatoms. The van der Waals surface area contributed by atoms with Crippen LogP contribution in [0.1, 0.15) is 40.0 Å². The maximum atomic E-state index is 12.5. The quantitative estimate of drug-likeness (QED) is 0.731. The summed E-state index contributed by atoms with van der Waals surface area (Å²) >= 11 is 0. The number of carbonyl (C=O) groups is 1. The van der Waals surface area contributed by atoms with E-state index in [-0.39, 0.29) is 18.1 Å². The first-order chi connectivity index (χ1) is 11.7. The summed E-state index contributed by atoms with van der Waals surface area (Å²) in [4.78, 5) is 14.4. The monoisotopic (exact) mass is 335 g/mol. The number of benzene rings is 1. The van der Waals surface area contributed by atoms with E-state index in [0.717, 1.165) is 24.3 Å². The number of para-hydroxylation sites is 2. The first kappa shape index (κ1) is 18.6. The van der Waals surface area contributed by atoms with Gasteiger partial charge in [-0.2, -0.15) is 0 Å². The van der Waals surface area contributed by atoms with Crippen molar-refractivity contribution in [3.8, 4) is 11.5 Å². The van der Waals surface area contributed by atoms with Gasteiger partial charge in [0, 0.05) is 32.5 Å². The predicted molar refractivity (Wildman–Crippen MR) is 93.5 cm³/mol. The van der Waals surface area contributed by atoms with Crippen molar-refractivity contribution in [1.29, 1.82) is 0 Å². The van der Waals surface area contributed by atoms with Crippen molar-refractivity contribution in [2.45, 2.75) is 52.2 Å². The van der Waals surface area contributed by atoms with Crippen LogP contribution in [0.3, 0.4) is 0 Å². The predicted octanol–water partition coefficient (Wildman–Crippen LogP) is 3.27. The zero-order valence-electron chi connectivity index (χ0n) is 15.0. The van der Waals surface area contributed by atoms with Gasteiger partial charge in [-0.15, -0.1) is 0 Å². The number of hydrogen-bond acceptors (Lipinski definition) is 4. The zero-order valence-corrected chi connectivity index (χ0v) is 15.0. The normalized spacial score (nSPS) is 16.7. The highest BCUT2D eigenvalue weighted by molar-refractivity contribution is 5.81. The number of hydrogen-bond donors (Lipinski definition) is 0. The fourth-order valence-corrected chi connectivity index (χ4v) is 2.96. The third-order valence-electron chi connectivity index (χ3n) is 4.21. The zero-order chi connectivity index (χ0) is 17.4. The Hall–Kier alpha value is -1.75. The molecule has 1 aromatic carbocycles. The van der Waals surface area contributed by atoms with E-state index in [0.29, 0.717) is 32.7 Å². The minimum atomic E-state index is -0.314. The minimum Gasteiger partial charge on any atom is -0.490 e. The minimum absolute atomic E-state index is 0.104. The average molecular weight is 335 g/mol. The van der Waals surface area contributed by atoms with Gasteiger partial charge in [0.2, 0.25) is 0 Å². The van der Waals surface area contributed by atoms with Crippen LogP contribution >= 0.6 is 0 Å². The molecule has 0 bridgehead atoms. The van der Waals surface area contributed by atoms with Crippen LogP contribution in [0.5, 0.6) is 11.5 Å². The molecule has 0 aromatic heterocycles. The number of rotatable bonds is 8. The summed E-state index contributed by atoms with van der Waals surface area (Å²) in [5.74, 6) is 1.67. The molecule has 0 aliphatic carbocycles. The molecule has 1 heterocycles. The molecule has 134 valence electrons. The summed E-state index contributed by atoms with van der Waals surface area (Å²) in [6.07, 6.45) is 2.17. The number of carbonyl (C=O) groups excluding carboxylic acids is 1. The van der Waals surface area contributed by atoms with Gasteiger partial charge >= 0.3 is 0 Å². The van der Waals surface area contributed by atoms with Gasteiger partial charge in [-0.05, 0) is 32.4 Å². The van der Waals surface area contributed by atoms with Crippen LogP contribution in [0.2, 0.25) is 0 Å². The molecule has 5 nitrogen and oxygen atoms in total. The van der Waals surface area contributed by atoms with Crippen molar-refractivity contribution in [2.75, 3.05) is 26.3 Å². The van der Waals surface area contributed by atoms with Crippen LogP contribution in [0.4, 0.5) is 0 Å². The van der Waals surface area contributed by atoms with Crippen LogP contribution in [-0.2, 0) is 9.53 Å². The van der Waals surface area contributed by atoms with Crippen molar-refractivity contribution in [2.24, 2.45) is 0 Å². The van der Waals surface area contributed by atoms with Crippen molar-refractivity contribution in [1.82, 2.24) is 4.90 Å². The van der Waals surface area contributed by atoms with Crippen molar-refractivity contribution < 1.29 is 19.0 Å². The van der Waals surface area contributed by atoms with Crippen LogP contribution in [0.15, 0.2) is 24.3 Å². The number of amides is 1. The smallest absolute Gasteiger partial charge is 0.251 e. The molecule has 1 atom stereocenters. The van der Waals surface area contributed by atoms with Crippen LogP contribution in [0, 0.1) is 0 Å². The molecule has 0 N–H and O–H groups in total. The van der Waals surface area contributed by atoms with Gasteiger partial charge in [-0.25, -0.2) is 0 Å². The van der Waals surface area contributed by atoms with Crippen LogP contribution < -0.4 is 9.47 Å². The van der Waals surface area contributed by atoms with E-state index >= 15 is 0 Å². The third kappa shape index (κ3) is 4.87. The molecule has 24 heavy (non-hydrogen) atoms. The van der Waals surface area contributed by atoms with Gasteiger partial charge in [0.15, 0.2) is 11.5 Å². The summed E-state index contributed by atoms with van der Waals surface area (Å²) < 4.78 is 17.2. The topological polar surface area (TPSA) is 48.0 Å². The summed E-state index contributed by atoms with van der Waals surface area (Å²) in [5.41, 5.74) is 0. The first-order valence-electron chi connectivity index (χ1n) is 8.98. The standard InChI is InChI=1S/C19H29NO4/c1-4-16(22-5-2)19(21)20-13-11-15(12-14-20)24-18-10-8-7-9-17(18)23-6-3/h7-10,15-16H,4-6,11-14H2,1-3H3. The third-order valence-corrected chi connectivity index (χ3v) is 4.21. The van der Waals surface area contributed by atoms with E-state index < -0.39 is 0 Å². The molecular weight excluding hydrogens is 306 g/mol. The van der Waals surface area contributed by atoms with E-state index in [4.69, 9.17) is 14.2 Å². The molecule has 1 fully saturated rings. The molecule has 1 aliphatic heterocycles. The van der Waals surface area contributed by atoms with Crippen molar-refractivity contribution >= 4 is 5.91 Å². The summed E-state index contributed by atoms with van der Waals surface area (Å²) in [7, 11) is 0. The lowest BCUT2D eigenvalue weighted by molar-refractivity contribution is -0.145. The molecule has 1 aliphatic rings. The Morgan fingerprint density at radius 1 is 1.12 bits per heavy atom. The lowest BCUT2D eigenvalue weighted by Gasteiger charge is -2.34. The molecule has 2 rings (SSSR count). The average Bonchev–Trinajstić information content (AvgIpc) is 2.61.